The molecule has 0 heterocycles. The van der Waals surface area contributed by atoms with Crippen molar-refractivity contribution in [2.45, 2.75) is 11.8 Å². The highest BCUT2D eigenvalue weighted by molar-refractivity contribution is 14.1. The second kappa shape index (κ2) is 10.7. The number of rotatable bonds is 3. The van der Waals surface area contributed by atoms with Gasteiger partial charge in [0.15, 0.2) is 0 Å². The number of nitrogens with one attached hydrogen (secondary N) is 1. The van der Waals surface area contributed by atoms with E-state index in [1.807, 2.05) is 35.6 Å². The van der Waals surface area contributed by atoms with Gasteiger partial charge in [0, 0.05) is 9.13 Å². The predicted molar refractivity (Wildman–Crippen MR) is 119 cm³/mol. The molecule has 27 heavy (non-hydrogen) atoms. The minimum absolute atomic E-state index is 0.0666. The first-order valence-electron chi connectivity index (χ1n) is 7.03. The minimum Gasteiger partial charge on any atom is -0.506 e. The fourth-order valence-electron chi connectivity index (χ4n) is 1.57. The summed E-state index contributed by atoms with van der Waals surface area (Å²) in [6, 6.07) is 9.57. The third-order valence-corrected chi connectivity index (χ3v) is 5.17. The number of benzene rings is 2. The molecule has 0 amide bonds. The lowest BCUT2D eigenvalue weighted by molar-refractivity contribution is 0.232. The summed E-state index contributed by atoms with van der Waals surface area (Å²) in [5, 5.41) is 25.1. The van der Waals surface area contributed by atoms with Crippen LogP contribution in [0.1, 0.15) is 11.1 Å². The number of aromatic hydroxyl groups is 1. The van der Waals surface area contributed by atoms with E-state index in [0.29, 0.717) is 5.56 Å². The van der Waals surface area contributed by atoms with Crippen LogP contribution < -0.4 is 11.2 Å². The maximum absolute atomic E-state index is 10.5. The van der Waals surface area contributed by atoms with Crippen molar-refractivity contribution in [3.05, 3.63) is 54.7 Å². The molecule has 2 aromatic carbocycles. The maximum Gasteiger partial charge on any atom is 0.294 e. The number of hydroxylamine groups is 1. The first kappa shape index (κ1) is 23.5. The van der Waals surface area contributed by atoms with Gasteiger partial charge in [-0.3, -0.25) is 9.76 Å². The Morgan fingerprint density at radius 2 is 1.81 bits per heavy atom. The molecule has 0 saturated carbocycles. The van der Waals surface area contributed by atoms with Crippen LogP contribution in [0, 0.1) is 14.1 Å². The molecule has 9 nitrogen and oxygen atoms in total. The predicted octanol–water partition coefficient (Wildman–Crippen LogP) is 2.47. The van der Waals surface area contributed by atoms with Crippen molar-refractivity contribution < 1.29 is 23.3 Å². The monoisotopic (exact) mass is 618 g/mol. The van der Waals surface area contributed by atoms with Crippen LogP contribution in [0.5, 0.6) is 5.75 Å². The van der Waals surface area contributed by atoms with Gasteiger partial charge in [0.2, 0.25) is 5.96 Å². The van der Waals surface area contributed by atoms with Crippen LogP contribution in [0.15, 0.2) is 51.5 Å². The van der Waals surface area contributed by atoms with Gasteiger partial charge in [0.05, 0.1) is 14.7 Å². The van der Waals surface area contributed by atoms with Gasteiger partial charge < -0.3 is 10.8 Å². The first-order valence-corrected chi connectivity index (χ1v) is 10.6. The zero-order chi connectivity index (χ0) is 20.6. The third kappa shape index (κ3) is 8.37. The number of guanidine groups is 1. The molecule has 0 bridgehead atoms. The number of phenols is 1. The number of aryl methyl sites for hydroxylation is 1. The highest BCUT2D eigenvalue weighted by Crippen LogP contribution is 2.25. The molecule has 2 rings (SSSR count). The Labute approximate surface area is 183 Å². The number of nitrogens with zero attached hydrogens (tertiary/aromatic N) is 2. The van der Waals surface area contributed by atoms with Crippen LogP contribution in [0.25, 0.3) is 0 Å². The van der Waals surface area contributed by atoms with Crippen LogP contribution in [0.4, 0.5) is 0 Å². The van der Waals surface area contributed by atoms with Crippen LogP contribution in [0.2, 0.25) is 0 Å². The van der Waals surface area contributed by atoms with Crippen molar-refractivity contribution in [3.63, 3.8) is 0 Å². The summed E-state index contributed by atoms with van der Waals surface area (Å²) in [5.74, 6) is -0.0911. The molecule has 12 heteroatoms. The van der Waals surface area contributed by atoms with E-state index < -0.39 is 10.1 Å². The highest BCUT2D eigenvalue weighted by Gasteiger charge is 2.07. The van der Waals surface area contributed by atoms with Crippen molar-refractivity contribution in [2.24, 2.45) is 15.9 Å². The van der Waals surface area contributed by atoms with Crippen molar-refractivity contribution >= 4 is 67.5 Å². The second-order valence-corrected chi connectivity index (χ2v) is 8.78. The lowest BCUT2D eigenvalue weighted by Crippen LogP contribution is -2.27. The summed E-state index contributed by atoms with van der Waals surface area (Å²) >= 11 is 4.15. The van der Waals surface area contributed by atoms with Gasteiger partial charge in [-0.25, -0.2) is 5.48 Å². The van der Waals surface area contributed by atoms with Crippen molar-refractivity contribution in [1.82, 2.24) is 5.48 Å². The van der Waals surface area contributed by atoms with Gasteiger partial charge in [-0.05, 0) is 76.4 Å². The summed E-state index contributed by atoms with van der Waals surface area (Å²) in [4.78, 5) is -0.0666. The molecule has 0 aliphatic carbocycles. The Hall–Kier alpha value is -1.49. The molecule has 0 atom stereocenters. The molecule has 0 unspecified atom stereocenters. The molecule has 2 aromatic rings. The van der Waals surface area contributed by atoms with Gasteiger partial charge in [0.1, 0.15) is 5.75 Å². The summed E-state index contributed by atoms with van der Waals surface area (Å²) in [7, 11) is -4.02. The molecule has 0 radical (unpaired) electrons. The molecule has 0 spiro atoms. The molecule has 0 aliphatic heterocycles. The second-order valence-electron chi connectivity index (χ2n) is 4.96. The Bertz CT molecular complexity index is 947. The normalized spacial score (nSPS) is 11.8. The molecule has 6 N–H and O–H groups in total. The van der Waals surface area contributed by atoms with Crippen molar-refractivity contribution in [1.29, 1.82) is 0 Å². The van der Waals surface area contributed by atoms with Crippen LogP contribution in [0.3, 0.4) is 0 Å². The molecular weight excluding hydrogens is 602 g/mol. The van der Waals surface area contributed by atoms with Crippen molar-refractivity contribution in [3.8, 4) is 5.75 Å². The molecular formula is C15H16I2N4O5S. The fourth-order valence-corrected chi connectivity index (χ4v) is 3.94. The van der Waals surface area contributed by atoms with Crippen LogP contribution in [-0.2, 0) is 10.1 Å². The average molecular weight is 618 g/mol. The quantitative estimate of drug-likeness (QED) is 0.116. The summed E-state index contributed by atoms with van der Waals surface area (Å²) in [6.45, 7) is 1.84. The minimum atomic E-state index is -4.02. The number of phenolic OH excluding ortho intramolecular Hbond substituents is 1. The number of hydrogen-bond donors (Lipinski definition) is 5. The standard InChI is InChI=1S/C8H8I2N4O2.C7H8O3S/c9-5-1-4(7(15)6(10)2-5)3-12-13-8(11)14-16;1-6-2-4-7(5-3-6)11(8,9)10/h1-3,15-16H,(H3,11,13,14);2-5H,1H3,(H,8,9,10). The molecule has 0 fully saturated rings. The Kier molecular flexibility index (Phi) is 9.37. The van der Waals surface area contributed by atoms with E-state index in [4.69, 9.17) is 15.5 Å². The first-order chi connectivity index (χ1) is 12.5. The van der Waals surface area contributed by atoms with Crippen molar-refractivity contribution in [2.75, 3.05) is 0 Å². The molecule has 146 valence electrons. The van der Waals surface area contributed by atoms with Gasteiger partial charge in [-0.1, -0.05) is 17.7 Å². The van der Waals surface area contributed by atoms with Gasteiger partial charge in [-0.15, -0.1) is 5.10 Å². The van der Waals surface area contributed by atoms with E-state index in [2.05, 4.69) is 32.8 Å². The average Bonchev–Trinajstić information content (AvgIpc) is 2.59. The largest absolute Gasteiger partial charge is 0.506 e. The molecule has 0 saturated heterocycles. The summed E-state index contributed by atoms with van der Waals surface area (Å²) in [5.41, 5.74) is 8.27. The Balaban J connectivity index is 0.000000289. The van der Waals surface area contributed by atoms with E-state index in [1.165, 1.54) is 18.3 Å². The zero-order valence-electron chi connectivity index (χ0n) is 13.8. The third-order valence-electron chi connectivity index (χ3n) is 2.85. The van der Waals surface area contributed by atoms with E-state index in [0.717, 1.165) is 12.7 Å². The SMILES string of the molecule is Cc1ccc(S(=O)(=O)O)cc1.N/C(=N\N=Cc1cc(I)cc(I)c1O)NO. The topological polar surface area (TPSA) is 158 Å². The van der Waals surface area contributed by atoms with E-state index in [1.54, 1.807) is 23.7 Å². The Morgan fingerprint density at radius 3 is 2.33 bits per heavy atom. The summed E-state index contributed by atoms with van der Waals surface area (Å²) < 4.78 is 31.2. The highest BCUT2D eigenvalue weighted by atomic mass is 127. The lowest BCUT2D eigenvalue weighted by Gasteiger charge is -2.01. The maximum atomic E-state index is 10.5. The number of halogens is 2. The smallest absolute Gasteiger partial charge is 0.294 e. The van der Waals surface area contributed by atoms with Crippen LogP contribution in [-0.4, -0.2) is 35.5 Å². The number of nitrogens with two attached hydrogens (primary N) is 1. The number of hydrogen-bond acceptors (Lipinski definition) is 6. The molecule has 0 aromatic heterocycles. The lowest BCUT2D eigenvalue weighted by atomic mass is 10.2. The van der Waals surface area contributed by atoms with E-state index >= 15 is 0 Å². The molecule has 0 aliphatic rings. The van der Waals surface area contributed by atoms with Gasteiger partial charge >= 0.3 is 0 Å². The van der Waals surface area contributed by atoms with Gasteiger partial charge in [0.25, 0.3) is 10.1 Å². The summed E-state index contributed by atoms with van der Waals surface area (Å²) in [6.07, 6.45) is 1.35. The van der Waals surface area contributed by atoms with Crippen LogP contribution >= 0.6 is 45.2 Å². The fraction of sp³-hybridized carbons (Fsp3) is 0.0667. The van der Waals surface area contributed by atoms with E-state index in [-0.39, 0.29) is 16.6 Å². The Morgan fingerprint density at radius 1 is 1.22 bits per heavy atom. The zero-order valence-corrected chi connectivity index (χ0v) is 19.0. The van der Waals surface area contributed by atoms with Gasteiger partial charge in [-0.2, -0.15) is 13.5 Å². The van der Waals surface area contributed by atoms with E-state index in [9.17, 15) is 13.5 Å².